The third-order valence-corrected chi connectivity index (χ3v) is 3.76. The maximum Gasteiger partial charge on any atom is 0.434 e. The topological polar surface area (TPSA) is 85.9 Å². The van der Waals surface area contributed by atoms with Crippen LogP contribution in [0.4, 0.5) is 24.7 Å². The summed E-state index contributed by atoms with van der Waals surface area (Å²) in [6, 6.07) is 0. The molecule has 22 heavy (non-hydrogen) atoms. The normalized spacial score (nSPS) is 11.7. The Labute approximate surface area is 126 Å². The monoisotopic (exact) mass is 335 g/mol. The molecule has 120 valence electrons. The van der Waals surface area contributed by atoms with Crippen LogP contribution in [0.1, 0.15) is 16.4 Å². The highest BCUT2D eigenvalue weighted by Crippen LogP contribution is 2.30. The van der Waals surface area contributed by atoms with Crippen molar-refractivity contribution in [3.63, 3.8) is 0 Å². The van der Waals surface area contributed by atoms with Crippen molar-refractivity contribution in [2.24, 2.45) is 7.05 Å². The smallest absolute Gasteiger partial charge is 0.364 e. The Bertz CT molecular complexity index is 694. The second kappa shape index (κ2) is 5.91. The fourth-order valence-corrected chi connectivity index (χ4v) is 2.71. The number of nitrogens with zero attached hydrogens (tertiary/aromatic N) is 4. The first-order valence-electron chi connectivity index (χ1n) is 6.13. The van der Waals surface area contributed by atoms with Gasteiger partial charge in [0.25, 0.3) is 0 Å². The second-order valence-electron chi connectivity index (χ2n) is 4.46. The summed E-state index contributed by atoms with van der Waals surface area (Å²) >= 11 is 0.904. The van der Waals surface area contributed by atoms with Gasteiger partial charge in [-0.15, -0.1) is 11.3 Å². The molecule has 2 rings (SSSR count). The third kappa shape index (κ3) is 3.35. The molecule has 0 aromatic carbocycles. The number of aryl methyl sites for hydroxylation is 2. The highest BCUT2D eigenvalue weighted by atomic mass is 32.1. The zero-order valence-corrected chi connectivity index (χ0v) is 12.5. The van der Waals surface area contributed by atoms with E-state index in [-0.39, 0.29) is 30.2 Å². The molecule has 0 unspecified atom stereocenters. The minimum absolute atomic E-state index is 0.141. The Kier molecular flexibility index (Phi) is 4.35. The number of thiazole rings is 1. The summed E-state index contributed by atoms with van der Waals surface area (Å²) in [4.78, 5) is 13.9. The van der Waals surface area contributed by atoms with Gasteiger partial charge in [-0.25, -0.2) is 9.67 Å². The number of rotatable bonds is 5. The number of halogens is 3. The minimum atomic E-state index is -4.46. The first kappa shape index (κ1) is 16.2. The van der Waals surface area contributed by atoms with Crippen LogP contribution in [0.3, 0.4) is 0 Å². The van der Waals surface area contributed by atoms with Crippen molar-refractivity contribution < 1.29 is 18.1 Å². The predicted molar refractivity (Wildman–Crippen MR) is 73.9 cm³/mol. The summed E-state index contributed by atoms with van der Waals surface area (Å²) in [7, 11) is 1.55. The largest absolute Gasteiger partial charge is 0.434 e. The Morgan fingerprint density at radius 1 is 1.50 bits per heavy atom. The van der Waals surface area contributed by atoms with Gasteiger partial charge in [0, 0.05) is 25.4 Å². The summed E-state index contributed by atoms with van der Waals surface area (Å²) in [5, 5.41) is 19.0. The first-order valence-corrected chi connectivity index (χ1v) is 7.01. The van der Waals surface area contributed by atoms with Gasteiger partial charge in [0.05, 0.1) is 9.93 Å². The van der Waals surface area contributed by atoms with Crippen molar-refractivity contribution in [3.8, 4) is 0 Å². The highest BCUT2D eigenvalue weighted by molar-refractivity contribution is 7.09. The lowest BCUT2D eigenvalue weighted by Gasteiger charge is -2.04. The first-order chi connectivity index (χ1) is 10.2. The predicted octanol–water partition coefficient (Wildman–Crippen LogP) is 2.77. The van der Waals surface area contributed by atoms with Gasteiger partial charge in [-0.2, -0.15) is 18.3 Å². The summed E-state index contributed by atoms with van der Waals surface area (Å²) in [6.45, 7) is 1.73. The van der Waals surface area contributed by atoms with E-state index in [1.165, 1.54) is 11.6 Å². The maximum absolute atomic E-state index is 12.4. The zero-order chi connectivity index (χ0) is 16.5. The van der Waals surface area contributed by atoms with Crippen molar-refractivity contribution in [1.29, 1.82) is 0 Å². The summed E-state index contributed by atoms with van der Waals surface area (Å²) < 4.78 is 38.6. The van der Waals surface area contributed by atoms with Crippen molar-refractivity contribution in [3.05, 3.63) is 31.9 Å². The molecule has 0 aliphatic heterocycles. The molecule has 0 fully saturated rings. The van der Waals surface area contributed by atoms with E-state index < -0.39 is 16.8 Å². The van der Waals surface area contributed by atoms with E-state index in [2.05, 4.69) is 15.4 Å². The van der Waals surface area contributed by atoms with Gasteiger partial charge in [0.1, 0.15) is 5.69 Å². The number of hydrogen-bond donors (Lipinski definition) is 1. The number of nitro groups is 1. The van der Waals surface area contributed by atoms with Gasteiger partial charge >= 0.3 is 11.9 Å². The molecule has 2 heterocycles. The fraction of sp³-hybridized carbons (Fsp3) is 0.455. The van der Waals surface area contributed by atoms with E-state index in [1.54, 1.807) is 7.05 Å². The van der Waals surface area contributed by atoms with Gasteiger partial charge in [0.15, 0.2) is 5.69 Å². The lowest BCUT2D eigenvalue weighted by Crippen LogP contribution is -2.10. The fourth-order valence-electron chi connectivity index (χ4n) is 1.91. The maximum atomic E-state index is 12.4. The van der Waals surface area contributed by atoms with Gasteiger partial charge in [-0.1, -0.05) is 0 Å². The van der Waals surface area contributed by atoms with Crippen LogP contribution in [0.5, 0.6) is 0 Å². The average molecular weight is 335 g/mol. The van der Waals surface area contributed by atoms with Gasteiger partial charge < -0.3 is 5.32 Å². The standard InChI is InChI=1S/C11H12F3N5O2S/c1-6-9(19(20)21)10(18(2)17-6)15-4-3-8-16-7(5-22-8)11(12,13)14/h5,15H,3-4H2,1-2H3. The molecule has 2 aromatic rings. The van der Waals surface area contributed by atoms with E-state index in [0.29, 0.717) is 5.01 Å². The number of nitrogens with one attached hydrogen (secondary N) is 1. The van der Waals surface area contributed by atoms with Crippen LogP contribution in [0, 0.1) is 17.0 Å². The Balaban J connectivity index is 2.03. The van der Waals surface area contributed by atoms with E-state index in [0.717, 1.165) is 16.7 Å². The Morgan fingerprint density at radius 3 is 2.73 bits per heavy atom. The number of anilines is 1. The molecule has 7 nitrogen and oxygen atoms in total. The van der Waals surface area contributed by atoms with Crippen LogP contribution in [-0.2, 0) is 19.6 Å². The molecular weight excluding hydrogens is 323 g/mol. The van der Waals surface area contributed by atoms with E-state index in [1.807, 2.05) is 0 Å². The molecular formula is C11H12F3N5O2S. The number of aromatic nitrogens is 3. The van der Waals surface area contributed by atoms with Crippen LogP contribution in [0.2, 0.25) is 0 Å². The molecule has 0 saturated heterocycles. The van der Waals surface area contributed by atoms with E-state index >= 15 is 0 Å². The molecule has 0 amide bonds. The highest BCUT2D eigenvalue weighted by Gasteiger charge is 2.33. The van der Waals surface area contributed by atoms with Crippen LogP contribution in [0.15, 0.2) is 5.38 Å². The Hall–Kier alpha value is -2.17. The van der Waals surface area contributed by atoms with Crippen molar-refractivity contribution in [1.82, 2.24) is 14.8 Å². The van der Waals surface area contributed by atoms with Gasteiger partial charge in [-0.05, 0) is 6.92 Å². The molecule has 0 bridgehead atoms. The van der Waals surface area contributed by atoms with Crippen LogP contribution < -0.4 is 5.32 Å². The molecule has 0 radical (unpaired) electrons. The molecule has 0 saturated carbocycles. The number of alkyl halides is 3. The summed E-state index contributed by atoms with van der Waals surface area (Å²) in [5.41, 5.74) is -0.795. The minimum Gasteiger partial charge on any atom is -0.364 e. The molecule has 0 spiro atoms. The number of hydrogen-bond acceptors (Lipinski definition) is 6. The molecule has 0 aliphatic carbocycles. The van der Waals surface area contributed by atoms with Crippen molar-refractivity contribution >= 4 is 22.8 Å². The molecule has 11 heteroatoms. The third-order valence-electron chi connectivity index (χ3n) is 2.85. The van der Waals surface area contributed by atoms with Crippen LogP contribution in [-0.4, -0.2) is 26.2 Å². The lowest BCUT2D eigenvalue weighted by molar-refractivity contribution is -0.384. The van der Waals surface area contributed by atoms with E-state index in [4.69, 9.17) is 0 Å². The quantitative estimate of drug-likeness (QED) is 0.671. The molecule has 0 atom stereocenters. The van der Waals surface area contributed by atoms with Crippen LogP contribution >= 0.6 is 11.3 Å². The van der Waals surface area contributed by atoms with Crippen LogP contribution in [0.25, 0.3) is 0 Å². The zero-order valence-electron chi connectivity index (χ0n) is 11.6. The molecule has 0 aliphatic rings. The molecule has 1 N–H and O–H groups in total. The second-order valence-corrected chi connectivity index (χ2v) is 5.41. The summed E-state index contributed by atoms with van der Waals surface area (Å²) in [5.74, 6) is 0.218. The molecule has 2 aromatic heterocycles. The van der Waals surface area contributed by atoms with Gasteiger partial charge in [-0.3, -0.25) is 10.1 Å². The SMILES string of the molecule is Cc1nn(C)c(NCCc2nc(C(F)(F)F)cs2)c1[N+](=O)[O-]. The van der Waals surface area contributed by atoms with Crippen molar-refractivity contribution in [2.75, 3.05) is 11.9 Å². The van der Waals surface area contributed by atoms with Crippen molar-refractivity contribution in [2.45, 2.75) is 19.5 Å². The Morgan fingerprint density at radius 2 is 2.18 bits per heavy atom. The average Bonchev–Trinajstić information content (AvgIpc) is 2.94. The lowest BCUT2D eigenvalue weighted by atomic mass is 10.3. The summed E-state index contributed by atoms with van der Waals surface area (Å²) in [6.07, 6.45) is -4.23. The van der Waals surface area contributed by atoms with Gasteiger partial charge in [0.2, 0.25) is 5.82 Å². The van der Waals surface area contributed by atoms with E-state index in [9.17, 15) is 23.3 Å².